The van der Waals surface area contributed by atoms with Crippen molar-refractivity contribution in [3.8, 4) is 0 Å². The Bertz CT molecular complexity index is 328. The SMILES string of the molecule is CCCCCC(C)(C)CNC(=NC)NCCCCC(=O)OC. The molecule has 0 aromatic rings. The maximum atomic E-state index is 11.0. The summed E-state index contributed by atoms with van der Waals surface area (Å²) in [5, 5.41) is 6.68. The van der Waals surface area contributed by atoms with Crippen LogP contribution in [0.4, 0.5) is 0 Å². The van der Waals surface area contributed by atoms with Crippen molar-refractivity contribution >= 4 is 11.9 Å². The van der Waals surface area contributed by atoms with Crippen molar-refractivity contribution in [1.82, 2.24) is 10.6 Å². The Morgan fingerprint density at radius 3 is 2.45 bits per heavy atom. The van der Waals surface area contributed by atoms with E-state index < -0.39 is 0 Å². The maximum absolute atomic E-state index is 11.0. The third kappa shape index (κ3) is 11.4. The van der Waals surface area contributed by atoms with Crippen molar-refractivity contribution in [2.24, 2.45) is 10.4 Å². The molecule has 0 atom stereocenters. The molecule has 0 aliphatic carbocycles. The minimum atomic E-state index is -0.142. The fourth-order valence-electron chi connectivity index (χ4n) is 2.19. The van der Waals surface area contributed by atoms with E-state index in [-0.39, 0.29) is 11.4 Å². The number of hydrogen-bond donors (Lipinski definition) is 2. The number of aliphatic imine (C=N–C) groups is 1. The van der Waals surface area contributed by atoms with E-state index in [1.807, 2.05) is 0 Å². The molecule has 130 valence electrons. The summed E-state index contributed by atoms with van der Waals surface area (Å²) in [5.74, 6) is 0.693. The lowest BCUT2D eigenvalue weighted by Gasteiger charge is -2.26. The van der Waals surface area contributed by atoms with Crippen molar-refractivity contribution in [3.63, 3.8) is 0 Å². The van der Waals surface area contributed by atoms with Gasteiger partial charge in [-0.3, -0.25) is 9.79 Å². The molecule has 5 heteroatoms. The zero-order valence-corrected chi connectivity index (χ0v) is 15.1. The van der Waals surface area contributed by atoms with Crippen LogP contribution in [0.25, 0.3) is 0 Å². The van der Waals surface area contributed by atoms with E-state index in [4.69, 9.17) is 0 Å². The maximum Gasteiger partial charge on any atom is 0.305 e. The zero-order chi connectivity index (χ0) is 16.8. The Morgan fingerprint density at radius 2 is 1.86 bits per heavy atom. The monoisotopic (exact) mass is 313 g/mol. The quantitative estimate of drug-likeness (QED) is 0.266. The van der Waals surface area contributed by atoms with E-state index >= 15 is 0 Å². The lowest BCUT2D eigenvalue weighted by atomic mass is 9.87. The van der Waals surface area contributed by atoms with Crippen molar-refractivity contribution in [2.75, 3.05) is 27.2 Å². The number of nitrogens with zero attached hydrogens (tertiary/aromatic N) is 1. The number of carbonyl (C=O) groups excluding carboxylic acids is 1. The van der Waals surface area contributed by atoms with Crippen molar-refractivity contribution in [3.05, 3.63) is 0 Å². The van der Waals surface area contributed by atoms with Crippen LogP contribution in [0.2, 0.25) is 0 Å². The van der Waals surface area contributed by atoms with Crippen LogP contribution in [-0.4, -0.2) is 39.2 Å². The molecule has 0 aliphatic heterocycles. The van der Waals surface area contributed by atoms with Gasteiger partial charge in [-0.15, -0.1) is 0 Å². The number of hydrogen-bond acceptors (Lipinski definition) is 3. The number of carbonyl (C=O) groups is 1. The van der Waals surface area contributed by atoms with E-state index in [1.165, 1.54) is 32.8 Å². The number of nitrogens with one attached hydrogen (secondary N) is 2. The van der Waals surface area contributed by atoms with Gasteiger partial charge in [-0.1, -0.05) is 40.0 Å². The molecule has 0 heterocycles. The van der Waals surface area contributed by atoms with Crippen molar-refractivity contribution < 1.29 is 9.53 Å². The molecule has 0 unspecified atom stereocenters. The van der Waals surface area contributed by atoms with Crippen LogP contribution in [0, 0.1) is 5.41 Å². The Morgan fingerprint density at radius 1 is 1.14 bits per heavy atom. The van der Waals surface area contributed by atoms with Gasteiger partial charge in [0.1, 0.15) is 0 Å². The predicted octanol–water partition coefficient (Wildman–Crippen LogP) is 3.10. The predicted molar refractivity (Wildman–Crippen MR) is 93.2 cm³/mol. The smallest absolute Gasteiger partial charge is 0.305 e. The summed E-state index contributed by atoms with van der Waals surface area (Å²) in [6.07, 6.45) is 7.31. The average Bonchev–Trinajstić information content (AvgIpc) is 2.49. The number of guanidine groups is 1. The molecule has 0 saturated heterocycles. The molecule has 0 saturated carbocycles. The van der Waals surface area contributed by atoms with E-state index in [1.54, 1.807) is 7.05 Å². The molecular formula is C17H35N3O2. The van der Waals surface area contributed by atoms with Gasteiger partial charge >= 0.3 is 5.97 Å². The van der Waals surface area contributed by atoms with E-state index in [0.717, 1.165) is 31.9 Å². The lowest BCUT2D eigenvalue weighted by molar-refractivity contribution is -0.140. The molecule has 0 bridgehead atoms. The van der Waals surface area contributed by atoms with Crippen molar-refractivity contribution in [1.29, 1.82) is 0 Å². The molecule has 0 amide bonds. The molecule has 0 aliphatic rings. The molecule has 0 spiro atoms. The highest BCUT2D eigenvalue weighted by Gasteiger charge is 2.17. The minimum absolute atomic E-state index is 0.142. The van der Waals surface area contributed by atoms with Crippen LogP contribution in [0.5, 0.6) is 0 Å². The number of methoxy groups -OCH3 is 1. The minimum Gasteiger partial charge on any atom is -0.469 e. The van der Waals surface area contributed by atoms with Gasteiger partial charge in [0.15, 0.2) is 5.96 Å². The van der Waals surface area contributed by atoms with Crippen LogP contribution in [0.15, 0.2) is 4.99 Å². The molecule has 0 aromatic carbocycles. The third-order valence-electron chi connectivity index (χ3n) is 3.74. The molecule has 5 nitrogen and oxygen atoms in total. The second-order valence-electron chi connectivity index (χ2n) is 6.51. The Labute approximate surface area is 136 Å². The highest BCUT2D eigenvalue weighted by atomic mass is 16.5. The van der Waals surface area contributed by atoms with Gasteiger partial charge in [0.25, 0.3) is 0 Å². The molecule has 0 aromatic heterocycles. The summed E-state index contributed by atoms with van der Waals surface area (Å²) >= 11 is 0. The average molecular weight is 313 g/mol. The number of esters is 1. The van der Waals surface area contributed by atoms with Crippen LogP contribution in [-0.2, 0) is 9.53 Å². The number of rotatable bonds is 11. The highest BCUT2D eigenvalue weighted by molar-refractivity contribution is 5.79. The van der Waals surface area contributed by atoms with Gasteiger partial charge in [-0.2, -0.15) is 0 Å². The first kappa shape index (κ1) is 20.7. The second-order valence-corrected chi connectivity index (χ2v) is 6.51. The lowest BCUT2D eigenvalue weighted by Crippen LogP contribution is -2.42. The van der Waals surface area contributed by atoms with Gasteiger partial charge in [0, 0.05) is 26.6 Å². The molecule has 22 heavy (non-hydrogen) atoms. The topological polar surface area (TPSA) is 62.7 Å². The summed E-state index contributed by atoms with van der Waals surface area (Å²) < 4.78 is 4.62. The van der Waals surface area contributed by atoms with Gasteiger partial charge in [0.05, 0.1) is 7.11 Å². The van der Waals surface area contributed by atoms with E-state index in [2.05, 4.69) is 41.1 Å². The third-order valence-corrected chi connectivity index (χ3v) is 3.74. The first-order valence-electron chi connectivity index (χ1n) is 8.46. The molecule has 0 fully saturated rings. The van der Waals surface area contributed by atoms with Crippen LogP contribution in [0.3, 0.4) is 0 Å². The summed E-state index contributed by atoms with van der Waals surface area (Å²) in [7, 11) is 3.21. The van der Waals surface area contributed by atoms with Crippen molar-refractivity contribution in [2.45, 2.75) is 65.7 Å². The van der Waals surface area contributed by atoms with Gasteiger partial charge < -0.3 is 15.4 Å². The summed E-state index contributed by atoms with van der Waals surface area (Å²) in [6, 6.07) is 0. The Kier molecular flexibility index (Phi) is 11.6. The fraction of sp³-hybridized carbons (Fsp3) is 0.882. The van der Waals surface area contributed by atoms with Gasteiger partial charge in [0.2, 0.25) is 0 Å². The largest absolute Gasteiger partial charge is 0.469 e. The summed E-state index contributed by atoms with van der Waals surface area (Å²) in [4.78, 5) is 15.2. The van der Waals surface area contributed by atoms with Crippen LogP contribution < -0.4 is 10.6 Å². The number of unbranched alkanes of at least 4 members (excludes halogenated alkanes) is 3. The van der Waals surface area contributed by atoms with Crippen LogP contribution >= 0.6 is 0 Å². The van der Waals surface area contributed by atoms with Gasteiger partial charge in [-0.25, -0.2) is 0 Å². The zero-order valence-electron chi connectivity index (χ0n) is 15.1. The first-order valence-corrected chi connectivity index (χ1v) is 8.46. The van der Waals surface area contributed by atoms with E-state index in [9.17, 15) is 4.79 Å². The first-order chi connectivity index (χ1) is 10.4. The Hall–Kier alpha value is -1.26. The number of ether oxygens (including phenoxy) is 1. The second kappa shape index (κ2) is 12.3. The Balaban J connectivity index is 3.85. The normalized spacial score (nSPS) is 12.1. The molecule has 0 radical (unpaired) electrons. The molecule has 2 N–H and O–H groups in total. The van der Waals surface area contributed by atoms with E-state index in [0.29, 0.717) is 6.42 Å². The highest BCUT2D eigenvalue weighted by Crippen LogP contribution is 2.22. The summed E-state index contributed by atoms with van der Waals surface area (Å²) in [5.41, 5.74) is 0.275. The standard InChI is InChI=1S/C17H35N3O2/c1-6-7-9-12-17(2,3)14-20-16(18-4)19-13-10-8-11-15(21)22-5/h6-14H2,1-5H3,(H2,18,19,20). The molecule has 0 rings (SSSR count). The summed E-state index contributed by atoms with van der Waals surface area (Å²) in [6.45, 7) is 8.54. The molecular weight excluding hydrogens is 278 g/mol. The van der Waals surface area contributed by atoms with Gasteiger partial charge in [-0.05, 0) is 24.7 Å². The van der Waals surface area contributed by atoms with Crippen LogP contribution in [0.1, 0.15) is 65.7 Å². The fourth-order valence-corrected chi connectivity index (χ4v) is 2.19.